The van der Waals surface area contributed by atoms with Gasteiger partial charge >= 0.3 is 0 Å². The first-order valence-corrected chi connectivity index (χ1v) is 8.47. The van der Waals surface area contributed by atoms with E-state index < -0.39 is 0 Å². The molecule has 0 unspecified atom stereocenters. The average molecular weight is 472 g/mol. The van der Waals surface area contributed by atoms with Crippen LogP contribution in [0.25, 0.3) is 0 Å². The van der Waals surface area contributed by atoms with E-state index >= 15 is 0 Å². The number of ether oxygens (including phenoxy) is 1. The van der Waals surface area contributed by atoms with Crippen molar-refractivity contribution >= 4 is 29.9 Å². The third kappa shape index (κ3) is 7.99. The van der Waals surface area contributed by atoms with Gasteiger partial charge in [0.05, 0.1) is 6.54 Å². The van der Waals surface area contributed by atoms with Crippen molar-refractivity contribution in [2.75, 3.05) is 13.1 Å². The van der Waals surface area contributed by atoms with Crippen LogP contribution in [-0.4, -0.2) is 24.0 Å². The summed E-state index contributed by atoms with van der Waals surface area (Å²) in [6.45, 7) is 8.55. The van der Waals surface area contributed by atoms with Crippen LogP contribution in [0, 0.1) is 11.7 Å². The van der Waals surface area contributed by atoms with Gasteiger partial charge in [0.25, 0.3) is 0 Å². The van der Waals surface area contributed by atoms with Crippen molar-refractivity contribution in [3.8, 4) is 11.6 Å². The molecule has 2 rings (SSSR count). The normalized spacial score (nSPS) is 11.0. The molecule has 0 aliphatic carbocycles. The van der Waals surface area contributed by atoms with Crippen LogP contribution in [0.4, 0.5) is 4.39 Å². The van der Waals surface area contributed by atoms with Crippen molar-refractivity contribution < 1.29 is 9.13 Å². The molecular weight excluding hydrogens is 446 g/mol. The number of hydrogen-bond acceptors (Lipinski definition) is 3. The molecule has 142 valence electrons. The second-order valence-corrected chi connectivity index (χ2v) is 6.03. The number of rotatable bonds is 7. The highest BCUT2D eigenvalue weighted by Crippen LogP contribution is 2.19. The van der Waals surface area contributed by atoms with Crippen LogP contribution < -0.4 is 15.4 Å². The lowest BCUT2D eigenvalue weighted by molar-refractivity contribution is 0.461. The molecule has 0 amide bonds. The zero-order valence-electron chi connectivity index (χ0n) is 15.3. The van der Waals surface area contributed by atoms with Crippen LogP contribution in [0.3, 0.4) is 0 Å². The Labute approximate surface area is 171 Å². The molecule has 5 nitrogen and oxygen atoms in total. The second-order valence-electron chi connectivity index (χ2n) is 6.03. The molecule has 1 heterocycles. The maximum absolute atomic E-state index is 12.9. The van der Waals surface area contributed by atoms with Crippen molar-refractivity contribution in [1.29, 1.82) is 0 Å². The number of aromatic nitrogens is 1. The van der Waals surface area contributed by atoms with E-state index in [4.69, 9.17) is 4.74 Å². The van der Waals surface area contributed by atoms with Gasteiger partial charge in [-0.2, -0.15) is 0 Å². The fraction of sp³-hybridized carbons (Fsp3) is 0.368. The first-order chi connectivity index (χ1) is 12.1. The molecule has 2 N–H and O–H groups in total. The molecule has 26 heavy (non-hydrogen) atoms. The second kappa shape index (κ2) is 11.7. The molecule has 0 saturated carbocycles. The number of guanidine groups is 1. The highest BCUT2D eigenvalue weighted by atomic mass is 127. The molecule has 0 aliphatic heterocycles. The Kier molecular flexibility index (Phi) is 9.93. The van der Waals surface area contributed by atoms with E-state index in [0.29, 0.717) is 24.1 Å². The number of hydrogen-bond donors (Lipinski definition) is 2. The zero-order valence-corrected chi connectivity index (χ0v) is 17.7. The molecule has 0 fully saturated rings. The fourth-order valence-corrected chi connectivity index (χ4v) is 2.00. The third-order valence-electron chi connectivity index (χ3n) is 3.28. The SMILES string of the molecule is CCNC(=NCc1ccc(Oc2ccc(F)cc2)nc1)NCC(C)C.I. The number of aliphatic imine (C=N–C) groups is 1. The highest BCUT2D eigenvalue weighted by Gasteiger charge is 2.02. The Hall–Kier alpha value is -1.90. The molecule has 0 radical (unpaired) electrons. The van der Waals surface area contributed by atoms with Crippen LogP contribution in [0.2, 0.25) is 0 Å². The summed E-state index contributed by atoms with van der Waals surface area (Å²) < 4.78 is 18.5. The van der Waals surface area contributed by atoms with Gasteiger partial charge in [-0.05, 0) is 42.7 Å². The van der Waals surface area contributed by atoms with Crippen LogP contribution in [0.5, 0.6) is 11.6 Å². The first kappa shape index (κ1) is 22.1. The largest absolute Gasteiger partial charge is 0.439 e. The van der Waals surface area contributed by atoms with E-state index in [9.17, 15) is 4.39 Å². The van der Waals surface area contributed by atoms with Gasteiger partial charge in [0.2, 0.25) is 5.88 Å². The first-order valence-electron chi connectivity index (χ1n) is 8.47. The summed E-state index contributed by atoms with van der Waals surface area (Å²) >= 11 is 0. The summed E-state index contributed by atoms with van der Waals surface area (Å²) in [5.74, 6) is 2.06. The summed E-state index contributed by atoms with van der Waals surface area (Å²) in [6.07, 6.45) is 1.73. The number of nitrogens with one attached hydrogen (secondary N) is 2. The van der Waals surface area contributed by atoms with Crippen molar-refractivity contribution in [3.63, 3.8) is 0 Å². The smallest absolute Gasteiger partial charge is 0.219 e. The van der Waals surface area contributed by atoms with Crippen LogP contribution in [-0.2, 0) is 6.54 Å². The van der Waals surface area contributed by atoms with Gasteiger partial charge in [0, 0.05) is 25.4 Å². The predicted molar refractivity (Wildman–Crippen MR) is 114 cm³/mol. The number of nitrogens with zero attached hydrogens (tertiary/aromatic N) is 2. The molecule has 0 bridgehead atoms. The molecule has 0 aliphatic rings. The lowest BCUT2D eigenvalue weighted by atomic mass is 10.2. The predicted octanol–water partition coefficient (Wildman–Crippen LogP) is 4.34. The van der Waals surface area contributed by atoms with E-state index in [0.717, 1.165) is 24.6 Å². The van der Waals surface area contributed by atoms with Crippen molar-refractivity contribution in [2.24, 2.45) is 10.9 Å². The Morgan fingerprint density at radius 3 is 2.46 bits per heavy atom. The Bertz CT molecular complexity index is 675. The molecule has 7 heteroatoms. The lowest BCUT2D eigenvalue weighted by Crippen LogP contribution is -2.39. The van der Waals surface area contributed by atoms with E-state index in [1.54, 1.807) is 24.4 Å². The van der Waals surface area contributed by atoms with Crippen LogP contribution >= 0.6 is 24.0 Å². The standard InChI is InChI=1S/C19H25FN4O.HI/c1-4-21-19(23-11-14(2)3)24-13-15-5-10-18(22-12-15)25-17-8-6-16(20)7-9-17;/h5-10,12,14H,4,11,13H2,1-3H3,(H2,21,23,24);1H. The van der Waals surface area contributed by atoms with Gasteiger partial charge in [-0.25, -0.2) is 14.4 Å². The molecule has 0 saturated heterocycles. The Balaban J connectivity index is 0.00000338. The van der Waals surface area contributed by atoms with Crippen molar-refractivity contribution in [1.82, 2.24) is 15.6 Å². The minimum Gasteiger partial charge on any atom is -0.439 e. The Morgan fingerprint density at radius 2 is 1.88 bits per heavy atom. The van der Waals surface area contributed by atoms with Gasteiger partial charge in [0.1, 0.15) is 11.6 Å². The minimum absolute atomic E-state index is 0. The fourth-order valence-electron chi connectivity index (χ4n) is 2.00. The van der Waals surface area contributed by atoms with E-state index in [2.05, 4.69) is 34.5 Å². The summed E-state index contributed by atoms with van der Waals surface area (Å²) in [5.41, 5.74) is 0.980. The third-order valence-corrected chi connectivity index (χ3v) is 3.28. The quantitative estimate of drug-likeness (QED) is 0.358. The Morgan fingerprint density at radius 1 is 1.15 bits per heavy atom. The van der Waals surface area contributed by atoms with Crippen LogP contribution in [0.1, 0.15) is 26.3 Å². The van der Waals surface area contributed by atoms with Gasteiger partial charge in [0.15, 0.2) is 5.96 Å². The molecular formula is C19H26FIN4O. The van der Waals surface area contributed by atoms with Gasteiger partial charge in [-0.3, -0.25) is 0 Å². The maximum Gasteiger partial charge on any atom is 0.219 e. The van der Waals surface area contributed by atoms with Gasteiger partial charge in [-0.15, -0.1) is 24.0 Å². The van der Waals surface area contributed by atoms with Crippen molar-refractivity contribution in [2.45, 2.75) is 27.3 Å². The topological polar surface area (TPSA) is 58.5 Å². The summed E-state index contributed by atoms with van der Waals surface area (Å²) in [4.78, 5) is 8.82. The van der Waals surface area contributed by atoms with Gasteiger partial charge in [-0.1, -0.05) is 19.9 Å². The average Bonchev–Trinajstić information content (AvgIpc) is 2.60. The lowest BCUT2D eigenvalue weighted by Gasteiger charge is -2.13. The molecule has 1 aromatic carbocycles. The highest BCUT2D eigenvalue weighted by molar-refractivity contribution is 14.0. The number of halogens is 2. The monoisotopic (exact) mass is 472 g/mol. The van der Waals surface area contributed by atoms with Crippen LogP contribution in [0.15, 0.2) is 47.6 Å². The minimum atomic E-state index is -0.295. The van der Waals surface area contributed by atoms with E-state index in [-0.39, 0.29) is 29.8 Å². The van der Waals surface area contributed by atoms with Gasteiger partial charge < -0.3 is 15.4 Å². The van der Waals surface area contributed by atoms with Crippen molar-refractivity contribution in [3.05, 3.63) is 54.0 Å². The van der Waals surface area contributed by atoms with E-state index in [1.165, 1.54) is 12.1 Å². The molecule has 0 spiro atoms. The number of pyridine rings is 1. The molecule has 0 atom stereocenters. The summed E-state index contributed by atoms with van der Waals surface area (Å²) in [5, 5.41) is 6.52. The summed E-state index contributed by atoms with van der Waals surface area (Å²) in [6, 6.07) is 9.54. The maximum atomic E-state index is 12.9. The molecule has 2 aromatic rings. The van der Waals surface area contributed by atoms with E-state index in [1.807, 2.05) is 13.0 Å². The summed E-state index contributed by atoms with van der Waals surface area (Å²) in [7, 11) is 0. The molecule has 1 aromatic heterocycles. The zero-order chi connectivity index (χ0) is 18.1. The number of benzene rings is 1.